The molecule has 0 fully saturated rings. The molecule has 0 amide bonds. The molecular weight excluding hydrogens is 338 g/mol. The molecule has 0 radical (unpaired) electrons. The third kappa shape index (κ3) is 3.09. The van der Waals surface area contributed by atoms with Gasteiger partial charge in [0.15, 0.2) is 11.6 Å². The molecule has 3 rings (SSSR count). The summed E-state index contributed by atoms with van der Waals surface area (Å²) in [6.07, 6.45) is 1.78. The van der Waals surface area contributed by atoms with E-state index in [0.717, 1.165) is 10.2 Å². The van der Waals surface area contributed by atoms with Gasteiger partial charge in [0.1, 0.15) is 16.7 Å². The second-order valence-corrected chi connectivity index (χ2v) is 5.97. The number of nitriles is 1. The quantitative estimate of drug-likeness (QED) is 0.571. The van der Waals surface area contributed by atoms with Gasteiger partial charge < -0.3 is 0 Å². The number of hydrogen-bond donors (Lipinski definition) is 1. The minimum absolute atomic E-state index is 0.0582. The first-order valence-electron chi connectivity index (χ1n) is 7.30. The van der Waals surface area contributed by atoms with Crippen molar-refractivity contribution in [1.29, 1.82) is 5.26 Å². The van der Waals surface area contributed by atoms with Crippen molar-refractivity contribution in [2.24, 2.45) is 0 Å². The molecule has 1 N–H and O–H groups in total. The molecule has 0 saturated heterocycles. The number of nitrogens with zero attached hydrogens (tertiary/aromatic N) is 4. The Labute approximate surface area is 147 Å². The maximum Gasteiger partial charge on any atom is 0.271 e. The zero-order chi connectivity index (χ0) is 18.0. The average molecular weight is 351 g/mol. The molecule has 1 aromatic carbocycles. The van der Waals surface area contributed by atoms with Crippen LogP contribution in [0.4, 0.5) is 0 Å². The van der Waals surface area contributed by atoms with Crippen LogP contribution in [0.25, 0.3) is 17.2 Å². The maximum atomic E-state index is 12.3. The van der Waals surface area contributed by atoms with Crippen LogP contribution in [0.1, 0.15) is 11.1 Å². The standard InChI is InChI=1S/C17H13N5O2S/c1-10-8-13(23)22(21-16(10)24)15-12(9-18)17(25-2)20-14(19-15)11-6-4-3-5-7-11/h3-8H,1-2H3,(H,21,24). The predicted octanol–water partition coefficient (Wildman–Crippen LogP) is 1.88. The van der Waals surface area contributed by atoms with Crippen LogP contribution < -0.4 is 11.1 Å². The van der Waals surface area contributed by atoms with E-state index >= 15 is 0 Å². The van der Waals surface area contributed by atoms with Crippen molar-refractivity contribution in [3.8, 4) is 23.3 Å². The third-order valence-electron chi connectivity index (χ3n) is 3.54. The van der Waals surface area contributed by atoms with Gasteiger partial charge >= 0.3 is 0 Å². The van der Waals surface area contributed by atoms with Crippen molar-refractivity contribution in [3.63, 3.8) is 0 Å². The van der Waals surface area contributed by atoms with Crippen LogP contribution in [-0.4, -0.2) is 26.0 Å². The van der Waals surface area contributed by atoms with Crippen molar-refractivity contribution >= 4 is 11.8 Å². The molecule has 0 aliphatic heterocycles. The summed E-state index contributed by atoms with van der Waals surface area (Å²) in [6, 6.07) is 12.4. The lowest BCUT2D eigenvalue weighted by molar-refractivity contribution is 0.744. The number of hydrogen-bond acceptors (Lipinski definition) is 6. The third-order valence-corrected chi connectivity index (χ3v) is 4.22. The smallest absolute Gasteiger partial charge is 0.268 e. The second-order valence-electron chi connectivity index (χ2n) is 5.17. The number of aromatic nitrogens is 4. The average Bonchev–Trinajstić information content (AvgIpc) is 2.64. The van der Waals surface area contributed by atoms with E-state index in [0.29, 0.717) is 16.4 Å². The van der Waals surface area contributed by atoms with Crippen molar-refractivity contribution in [1.82, 2.24) is 19.7 Å². The van der Waals surface area contributed by atoms with Crippen LogP contribution in [0.5, 0.6) is 0 Å². The summed E-state index contributed by atoms with van der Waals surface area (Å²) in [4.78, 5) is 33.0. The SMILES string of the molecule is CSc1nc(-c2ccccc2)nc(-n2[nH]c(=O)c(C)cc2=O)c1C#N. The van der Waals surface area contributed by atoms with Gasteiger partial charge in [0, 0.05) is 17.2 Å². The molecule has 0 unspecified atom stereocenters. The molecule has 3 aromatic rings. The topological polar surface area (TPSA) is 104 Å². The zero-order valence-electron chi connectivity index (χ0n) is 13.5. The van der Waals surface area contributed by atoms with Gasteiger partial charge in [-0.3, -0.25) is 14.7 Å². The van der Waals surface area contributed by atoms with Crippen molar-refractivity contribution in [2.45, 2.75) is 11.9 Å². The Morgan fingerprint density at radius 2 is 1.92 bits per heavy atom. The molecule has 2 aromatic heterocycles. The predicted molar refractivity (Wildman–Crippen MR) is 94.9 cm³/mol. The summed E-state index contributed by atoms with van der Waals surface area (Å²) in [5, 5.41) is 12.4. The van der Waals surface area contributed by atoms with Crippen LogP contribution in [0, 0.1) is 18.3 Å². The van der Waals surface area contributed by atoms with E-state index in [1.807, 2.05) is 36.4 Å². The molecule has 8 heteroatoms. The highest BCUT2D eigenvalue weighted by molar-refractivity contribution is 7.98. The highest BCUT2D eigenvalue weighted by Crippen LogP contribution is 2.25. The molecule has 0 atom stereocenters. The molecule has 0 saturated carbocycles. The lowest BCUT2D eigenvalue weighted by Crippen LogP contribution is -2.30. The minimum Gasteiger partial charge on any atom is -0.268 e. The number of H-pyrrole nitrogens is 1. The number of aryl methyl sites for hydroxylation is 1. The first-order valence-corrected chi connectivity index (χ1v) is 8.52. The molecule has 2 heterocycles. The first kappa shape index (κ1) is 16.7. The fourth-order valence-electron chi connectivity index (χ4n) is 2.27. The summed E-state index contributed by atoms with van der Waals surface area (Å²) in [6.45, 7) is 1.54. The first-order chi connectivity index (χ1) is 12.0. The van der Waals surface area contributed by atoms with Crippen molar-refractivity contribution < 1.29 is 0 Å². The number of benzene rings is 1. The van der Waals surface area contributed by atoms with E-state index in [-0.39, 0.29) is 11.4 Å². The van der Waals surface area contributed by atoms with E-state index in [4.69, 9.17) is 0 Å². The Morgan fingerprint density at radius 3 is 2.56 bits per heavy atom. The second kappa shape index (κ2) is 6.75. The summed E-state index contributed by atoms with van der Waals surface area (Å²) in [5.41, 5.74) is 0.273. The fourth-order valence-corrected chi connectivity index (χ4v) is 2.79. The molecule has 25 heavy (non-hydrogen) atoms. The molecule has 0 aliphatic carbocycles. The van der Waals surface area contributed by atoms with Gasteiger partial charge in [-0.15, -0.1) is 11.8 Å². The molecule has 0 spiro atoms. The van der Waals surface area contributed by atoms with Gasteiger partial charge in [-0.25, -0.2) is 9.97 Å². The Bertz CT molecular complexity index is 1100. The fraction of sp³-hybridized carbons (Fsp3) is 0.118. The number of thioether (sulfide) groups is 1. The van der Waals surface area contributed by atoms with E-state index in [9.17, 15) is 14.9 Å². The summed E-state index contributed by atoms with van der Waals surface area (Å²) >= 11 is 1.27. The van der Waals surface area contributed by atoms with E-state index < -0.39 is 11.1 Å². The zero-order valence-corrected chi connectivity index (χ0v) is 14.3. The number of nitrogens with one attached hydrogen (secondary N) is 1. The van der Waals surface area contributed by atoms with Crippen molar-refractivity contribution in [3.05, 3.63) is 68.2 Å². The van der Waals surface area contributed by atoms with Gasteiger partial charge in [0.25, 0.3) is 11.1 Å². The monoisotopic (exact) mass is 351 g/mol. The number of rotatable bonds is 3. The van der Waals surface area contributed by atoms with Crippen LogP contribution in [0.15, 0.2) is 51.0 Å². The highest BCUT2D eigenvalue weighted by atomic mass is 32.2. The van der Waals surface area contributed by atoms with E-state index in [1.54, 1.807) is 13.2 Å². The number of aromatic amines is 1. The molecule has 7 nitrogen and oxygen atoms in total. The molecule has 0 aliphatic rings. The van der Waals surface area contributed by atoms with Crippen LogP contribution >= 0.6 is 11.8 Å². The Balaban J connectivity index is 2.36. The van der Waals surface area contributed by atoms with Crippen LogP contribution in [0.2, 0.25) is 0 Å². The van der Waals surface area contributed by atoms with E-state index in [1.165, 1.54) is 17.8 Å². The van der Waals surface area contributed by atoms with E-state index in [2.05, 4.69) is 15.1 Å². The lowest BCUT2D eigenvalue weighted by Gasteiger charge is -2.11. The Hall–Kier alpha value is -3.18. The van der Waals surface area contributed by atoms with Crippen LogP contribution in [0.3, 0.4) is 0 Å². The lowest BCUT2D eigenvalue weighted by atomic mass is 10.2. The normalized spacial score (nSPS) is 10.4. The van der Waals surface area contributed by atoms with Crippen LogP contribution in [-0.2, 0) is 0 Å². The Kier molecular flexibility index (Phi) is 4.50. The molecule has 0 bridgehead atoms. The molecular formula is C17H13N5O2S. The van der Waals surface area contributed by atoms with Gasteiger partial charge in [0.2, 0.25) is 0 Å². The largest absolute Gasteiger partial charge is 0.271 e. The summed E-state index contributed by atoms with van der Waals surface area (Å²) in [5.74, 6) is 0.426. The highest BCUT2D eigenvalue weighted by Gasteiger charge is 2.18. The van der Waals surface area contributed by atoms with Gasteiger partial charge in [-0.05, 0) is 13.2 Å². The summed E-state index contributed by atoms with van der Waals surface area (Å²) in [7, 11) is 0. The summed E-state index contributed by atoms with van der Waals surface area (Å²) < 4.78 is 0.988. The van der Waals surface area contributed by atoms with Gasteiger partial charge in [-0.2, -0.15) is 9.94 Å². The Morgan fingerprint density at radius 1 is 1.20 bits per heavy atom. The maximum absolute atomic E-state index is 12.3. The molecule has 124 valence electrons. The van der Waals surface area contributed by atoms with Crippen molar-refractivity contribution in [2.75, 3.05) is 6.26 Å². The van der Waals surface area contributed by atoms with Gasteiger partial charge in [0.05, 0.1) is 0 Å². The minimum atomic E-state index is -0.474. The van der Waals surface area contributed by atoms with Gasteiger partial charge in [-0.1, -0.05) is 30.3 Å².